The summed E-state index contributed by atoms with van der Waals surface area (Å²) in [5.74, 6) is -3.37. The van der Waals surface area contributed by atoms with Gasteiger partial charge in [-0.1, -0.05) is 36.9 Å². The van der Waals surface area contributed by atoms with E-state index in [9.17, 15) is 18.4 Å². The van der Waals surface area contributed by atoms with Crippen LogP contribution in [0, 0.1) is 28.8 Å². The van der Waals surface area contributed by atoms with E-state index >= 15 is 4.39 Å². The Morgan fingerprint density at radius 2 is 1.96 bits per heavy atom. The third-order valence-electron chi connectivity index (χ3n) is 6.90. The van der Waals surface area contributed by atoms with E-state index < -0.39 is 53.3 Å². The highest BCUT2D eigenvalue weighted by Crippen LogP contribution is 2.42. The maximum atomic E-state index is 15.5. The van der Waals surface area contributed by atoms with Crippen molar-refractivity contribution in [3.8, 4) is 6.07 Å². The molecular weight excluding hydrogens is 653 g/mol. The van der Waals surface area contributed by atoms with Crippen LogP contribution in [-0.4, -0.2) is 70.1 Å². The fourth-order valence-electron chi connectivity index (χ4n) is 4.64. The van der Waals surface area contributed by atoms with Gasteiger partial charge in [-0.2, -0.15) is 10.4 Å². The van der Waals surface area contributed by atoms with Crippen LogP contribution in [0.5, 0.6) is 0 Å². The van der Waals surface area contributed by atoms with Crippen molar-refractivity contribution in [3.05, 3.63) is 114 Å². The third-order valence-corrected chi connectivity index (χ3v) is 8.35. The monoisotopic (exact) mass is 684 g/mol. The summed E-state index contributed by atoms with van der Waals surface area (Å²) >= 11 is 1.27. The molecule has 0 spiro atoms. The van der Waals surface area contributed by atoms with Crippen LogP contribution in [-0.2, 0) is 40.6 Å². The Balaban J connectivity index is 1.48. The highest BCUT2D eigenvalue weighted by atomic mass is 32.2. The zero-order valence-electron chi connectivity index (χ0n) is 25.7. The fraction of sp³-hybridized carbons (Fsp3) is 0.303. The number of rotatable bonds is 14. The number of carbonyl (C=O) groups excluding carboxylic acids is 2. The van der Waals surface area contributed by atoms with Crippen LogP contribution >= 0.6 is 11.8 Å². The lowest BCUT2D eigenvalue weighted by atomic mass is 9.89. The van der Waals surface area contributed by atoms with Gasteiger partial charge in [-0.15, -0.1) is 11.8 Å². The lowest BCUT2D eigenvalue weighted by Gasteiger charge is -2.40. The van der Waals surface area contributed by atoms with Crippen LogP contribution in [0.4, 0.5) is 18.0 Å². The molecule has 0 amide bonds. The maximum absolute atomic E-state index is 15.5. The fourth-order valence-corrected chi connectivity index (χ4v) is 6.01. The number of allylic oxidation sites excluding steroid dienone is 2. The largest absolute Gasteiger partial charge is 0.509 e. The van der Waals surface area contributed by atoms with Gasteiger partial charge in [0.05, 0.1) is 36.6 Å². The van der Waals surface area contributed by atoms with Crippen molar-refractivity contribution in [3.63, 3.8) is 0 Å². The Bertz CT molecular complexity index is 1670. The van der Waals surface area contributed by atoms with Gasteiger partial charge in [-0.3, -0.25) is 0 Å². The van der Waals surface area contributed by atoms with Crippen LogP contribution in [0.2, 0.25) is 0 Å². The molecule has 0 bridgehead atoms. The molecule has 1 saturated heterocycles. The molecule has 2 heterocycles. The number of hydrogen-bond acceptors (Lipinski definition) is 11. The molecule has 0 saturated carbocycles. The van der Waals surface area contributed by atoms with E-state index in [0.29, 0.717) is 11.6 Å². The number of nitriles is 1. The second-order valence-electron chi connectivity index (χ2n) is 10.2. The van der Waals surface area contributed by atoms with E-state index in [1.54, 1.807) is 25.2 Å². The normalized spacial score (nSPS) is 18.1. The number of carbonyl (C=O) groups is 2. The van der Waals surface area contributed by atoms with Gasteiger partial charge >= 0.3 is 12.1 Å². The van der Waals surface area contributed by atoms with Crippen LogP contribution in [0.3, 0.4) is 0 Å². The average Bonchev–Trinajstić information content (AvgIpc) is 3.58. The topological polar surface area (TPSA) is 135 Å². The van der Waals surface area contributed by atoms with Gasteiger partial charge in [-0.05, 0) is 37.3 Å². The molecule has 48 heavy (non-hydrogen) atoms. The van der Waals surface area contributed by atoms with Crippen LogP contribution < -0.4 is 0 Å². The van der Waals surface area contributed by atoms with E-state index in [4.69, 9.17) is 28.9 Å². The number of thioether (sulfide) groups is 1. The Morgan fingerprint density at radius 3 is 2.62 bits per heavy atom. The molecule has 1 aliphatic heterocycles. The number of nitrogens with zero attached hydrogens (tertiary/aromatic N) is 4. The van der Waals surface area contributed by atoms with Gasteiger partial charge in [0, 0.05) is 22.4 Å². The highest BCUT2D eigenvalue weighted by molar-refractivity contribution is 8.00. The molecule has 11 nitrogen and oxygen atoms in total. The number of hydrogen-bond donors (Lipinski definition) is 0. The molecule has 4 rings (SSSR count). The Hall–Kier alpha value is -4.91. The quantitative estimate of drug-likeness (QED) is 0.121. The summed E-state index contributed by atoms with van der Waals surface area (Å²) in [5.41, 5.74) is -1.44. The molecule has 0 radical (unpaired) electrons. The Kier molecular flexibility index (Phi) is 13.0. The molecule has 2 atom stereocenters. The number of aromatic nitrogens is 3. The average molecular weight is 685 g/mol. The van der Waals surface area contributed by atoms with Gasteiger partial charge in [-0.25, -0.2) is 32.4 Å². The maximum Gasteiger partial charge on any atom is 0.509 e. The smallest absolute Gasteiger partial charge is 0.448 e. The molecule has 252 valence electrons. The SMILES string of the molecule is C=CCOC(=O)OCC(=O)O[C@@](Cn1cncn1)(c1ccc(F)cc1F)[C@@H](C)SC1COC(C=CC=Cc2ccc(C#N)cc2F)OC1. The number of benzene rings is 2. The summed E-state index contributed by atoms with van der Waals surface area (Å²) in [4.78, 5) is 28.8. The summed E-state index contributed by atoms with van der Waals surface area (Å²) in [5, 5.41) is 11.9. The first kappa shape index (κ1) is 35.9. The first-order valence-electron chi connectivity index (χ1n) is 14.5. The van der Waals surface area contributed by atoms with Crippen molar-refractivity contribution in [2.75, 3.05) is 26.4 Å². The van der Waals surface area contributed by atoms with Crippen molar-refractivity contribution in [2.24, 2.45) is 0 Å². The number of esters is 1. The zero-order valence-corrected chi connectivity index (χ0v) is 26.5. The molecular formula is C33H31F3N4O7S. The molecule has 0 aliphatic carbocycles. The van der Waals surface area contributed by atoms with Crippen molar-refractivity contribution in [1.29, 1.82) is 5.26 Å². The summed E-state index contributed by atoms with van der Waals surface area (Å²) < 4.78 is 72.1. The standard InChI is InChI=1S/C33H31F3N4O7S/c1-3-12-43-32(42)46-18-30(41)47-33(19-40-21-38-20-39-40,27-11-10-25(34)14-29(27)36)22(2)48-26-16-44-31(45-17-26)7-5-4-6-24-9-8-23(15-37)13-28(24)35/h3-11,13-14,20-22,26,31H,1,12,16-19H2,2H3/t22-,26?,31?,33-/m1/s1. The predicted molar refractivity (Wildman–Crippen MR) is 167 cm³/mol. The van der Waals surface area contributed by atoms with Gasteiger partial charge < -0.3 is 23.7 Å². The minimum Gasteiger partial charge on any atom is -0.448 e. The summed E-state index contributed by atoms with van der Waals surface area (Å²) in [6.45, 7) is 4.26. The highest BCUT2D eigenvalue weighted by Gasteiger charge is 2.47. The van der Waals surface area contributed by atoms with Crippen molar-refractivity contribution in [2.45, 2.75) is 35.9 Å². The van der Waals surface area contributed by atoms with Crippen LogP contribution in [0.1, 0.15) is 23.6 Å². The van der Waals surface area contributed by atoms with E-state index in [0.717, 1.165) is 12.1 Å². The summed E-state index contributed by atoms with van der Waals surface area (Å²) in [6.07, 6.45) is 8.47. The van der Waals surface area contributed by atoms with Crippen molar-refractivity contribution < 1.29 is 46.4 Å². The zero-order chi connectivity index (χ0) is 34.5. The summed E-state index contributed by atoms with van der Waals surface area (Å²) in [6, 6.07) is 8.93. The van der Waals surface area contributed by atoms with Crippen LogP contribution in [0.15, 0.2) is 79.9 Å². The van der Waals surface area contributed by atoms with E-state index in [1.807, 2.05) is 6.07 Å². The molecule has 15 heteroatoms. The molecule has 1 fully saturated rings. The van der Waals surface area contributed by atoms with E-state index in [-0.39, 0.29) is 42.7 Å². The second kappa shape index (κ2) is 17.3. The van der Waals surface area contributed by atoms with Gasteiger partial charge in [0.25, 0.3) is 0 Å². The van der Waals surface area contributed by atoms with E-state index in [1.165, 1.54) is 59.4 Å². The molecule has 2 aromatic carbocycles. The molecule has 0 N–H and O–H groups in total. The first-order chi connectivity index (χ1) is 23.1. The molecule has 0 unspecified atom stereocenters. The van der Waals surface area contributed by atoms with Gasteiger partial charge in [0.2, 0.25) is 0 Å². The van der Waals surface area contributed by atoms with E-state index in [2.05, 4.69) is 16.7 Å². The van der Waals surface area contributed by atoms with Gasteiger partial charge in [0.15, 0.2) is 18.5 Å². The second-order valence-corrected chi connectivity index (χ2v) is 11.9. The lowest BCUT2D eigenvalue weighted by Crippen LogP contribution is -2.47. The number of halogens is 3. The molecule has 1 aromatic heterocycles. The lowest BCUT2D eigenvalue weighted by molar-refractivity contribution is -0.167. The minimum absolute atomic E-state index is 0.143. The third kappa shape index (κ3) is 9.80. The number of ether oxygens (including phenoxy) is 5. The summed E-state index contributed by atoms with van der Waals surface area (Å²) in [7, 11) is 0. The Labute approximate surface area is 278 Å². The molecule has 3 aromatic rings. The van der Waals surface area contributed by atoms with Gasteiger partial charge in [0.1, 0.15) is 36.7 Å². The van der Waals surface area contributed by atoms with Crippen LogP contribution in [0.25, 0.3) is 6.08 Å². The van der Waals surface area contributed by atoms with Crippen molar-refractivity contribution in [1.82, 2.24) is 14.8 Å². The predicted octanol–water partition coefficient (Wildman–Crippen LogP) is 5.48. The Morgan fingerprint density at radius 1 is 1.17 bits per heavy atom. The van der Waals surface area contributed by atoms with Crippen molar-refractivity contribution >= 4 is 30.0 Å². The first-order valence-corrected chi connectivity index (χ1v) is 15.4. The minimum atomic E-state index is -1.82. The molecule has 1 aliphatic rings.